The van der Waals surface area contributed by atoms with Gasteiger partial charge in [-0.3, -0.25) is 0 Å². The van der Waals surface area contributed by atoms with Crippen LogP contribution in [-0.2, 0) is 0 Å². The Morgan fingerprint density at radius 3 is 1.54 bits per heavy atom. The molecule has 2 aromatic heterocycles. The molecule has 0 radical (unpaired) electrons. The maximum absolute atomic E-state index is 14.5. The van der Waals surface area contributed by atoms with Gasteiger partial charge in [-0.25, -0.2) is 18.7 Å². The molecule has 126 valence electrons. The highest BCUT2D eigenvalue weighted by Crippen LogP contribution is 2.37. The molecule has 6 heteroatoms. The van der Waals surface area contributed by atoms with Crippen LogP contribution >= 0.6 is 22.7 Å². The first kappa shape index (κ1) is 15.5. The molecule has 0 aliphatic carbocycles. The zero-order chi connectivity index (χ0) is 17.7. The van der Waals surface area contributed by atoms with E-state index in [0.29, 0.717) is 21.1 Å². The lowest BCUT2D eigenvalue weighted by Crippen LogP contribution is -1.91. The third-order valence-corrected chi connectivity index (χ3v) is 6.24. The van der Waals surface area contributed by atoms with Crippen LogP contribution < -0.4 is 0 Å². The zero-order valence-electron chi connectivity index (χ0n) is 13.2. The first-order valence-electron chi connectivity index (χ1n) is 7.90. The second kappa shape index (κ2) is 5.93. The lowest BCUT2D eigenvalue weighted by atomic mass is 10.1. The number of para-hydroxylation sites is 2. The van der Waals surface area contributed by atoms with Gasteiger partial charge in [0.05, 0.1) is 20.4 Å². The summed E-state index contributed by atoms with van der Waals surface area (Å²) in [6.07, 6.45) is 0. The Labute approximate surface area is 155 Å². The quantitative estimate of drug-likeness (QED) is 0.348. The van der Waals surface area contributed by atoms with E-state index < -0.39 is 11.6 Å². The van der Waals surface area contributed by atoms with Crippen molar-refractivity contribution in [3.63, 3.8) is 0 Å². The number of aromatic nitrogens is 2. The molecular weight excluding hydrogens is 370 g/mol. The van der Waals surface area contributed by atoms with E-state index in [1.807, 2.05) is 48.5 Å². The van der Waals surface area contributed by atoms with E-state index in [1.165, 1.54) is 28.7 Å². The van der Waals surface area contributed by atoms with Crippen LogP contribution in [0.1, 0.15) is 0 Å². The van der Waals surface area contributed by atoms with E-state index in [2.05, 4.69) is 9.97 Å². The van der Waals surface area contributed by atoms with E-state index in [0.717, 1.165) is 26.5 Å². The molecule has 0 atom stereocenters. The van der Waals surface area contributed by atoms with E-state index in [4.69, 9.17) is 0 Å². The number of benzene rings is 3. The summed E-state index contributed by atoms with van der Waals surface area (Å²) in [4.78, 5) is 8.98. The fourth-order valence-electron chi connectivity index (χ4n) is 2.85. The maximum Gasteiger partial charge on any atom is 0.136 e. The molecule has 0 spiro atoms. The predicted molar refractivity (Wildman–Crippen MR) is 104 cm³/mol. The molecule has 5 rings (SSSR count). The van der Waals surface area contributed by atoms with Crippen LogP contribution in [0, 0.1) is 11.6 Å². The largest absolute Gasteiger partial charge is 0.236 e. The van der Waals surface area contributed by atoms with Crippen molar-refractivity contribution in [2.24, 2.45) is 0 Å². The highest BCUT2D eigenvalue weighted by molar-refractivity contribution is 7.22. The van der Waals surface area contributed by atoms with Gasteiger partial charge in [0.2, 0.25) is 0 Å². The van der Waals surface area contributed by atoms with Crippen molar-refractivity contribution in [2.75, 3.05) is 0 Å². The second-order valence-corrected chi connectivity index (χ2v) is 7.85. The molecule has 0 N–H and O–H groups in total. The monoisotopic (exact) mass is 380 g/mol. The van der Waals surface area contributed by atoms with Crippen molar-refractivity contribution in [1.29, 1.82) is 0 Å². The van der Waals surface area contributed by atoms with Gasteiger partial charge in [0.15, 0.2) is 0 Å². The third-order valence-electron chi connectivity index (χ3n) is 4.11. The molecule has 0 aliphatic rings. The molecule has 0 saturated heterocycles. The van der Waals surface area contributed by atoms with E-state index >= 15 is 0 Å². The summed E-state index contributed by atoms with van der Waals surface area (Å²) >= 11 is 2.78. The zero-order valence-corrected chi connectivity index (χ0v) is 14.9. The Hall–Kier alpha value is -2.70. The molecule has 26 heavy (non-hydrogen) atoms. The Morgan fingerprint density at radius 1 is 0.615 bits per heavy atom. The average molecular weight is 380 g/mol. The fraction of sp³-hybridized carbons (Fsp3) is 0. The number of thiazole rings is 2. The summed E-state index contributed by atoms with van der Waals surface area (Å²) in [5, 5.41) is 1.07. The number of halogens is 2. The van der Waals surface area contributed by atoms with Crippen LogP contribution in [-0.4, -0.2) is 9.97 Å². The minimum atomic E-state index is -0.619. The lowest BCUT2D eigenvalue weighted by molar-refractivity contribution is 0.588. The summed E-state index contributed by atoms with van der Waals surface area (Å²) in [6.45, 7) is 0. The highest BCUT2D eigenvalue weighted by Gasteiger charge is 2.18. The van der Waals surface area contributed by atoms with Crippen molar-refractivity contribution in [2.45, 2.75) is 0 Å². The number of hydrogen-bond donors (Lipinski definition) is 0. The van der Waals surface area contributed by atoms with Gasteiger partial charge in [0.1, 0.15) is 21.6 Å². The molecular formula is C20H10F2N2S2. The van der Waals surface area contributed by atoms with Crippen LogP contribution in [0.3, 0.4) is 0 Å². The normalized spacial score (nSPS) is 11.5. The summed E-state index contributed by atoms with van der Waals surface area (Å²) in [7, 11) is 0. The van der Waals surface area contributed by atoms with Gasteiger partial charge in [0, 0.05) is 17.2 Å². The first-order valence-corrected chi connectivity index (χ1v) is 9.53. The Bertz CT molecular complexity index is 1110. The summed E-state index contributed by atoms with van der Waals surface area (Å²) in [5.41, 5.74) is 2.19. The molecule has 0 saturated carbocycles. The number of nitrogens with zero attached hydrogens (tertiary/aromatic N) is 2. The minimum absolute atomic E-state index is 0.293. The van der Waals surface area contributed by atoms with Crippen molar-refractivity contribution in [1.82, 2.24) is 9.97 Å². The molecule has 0 amide bonds. The molecule has 2 heterocycles. The maximum atomic E-state index is 14.5. The van der Waals surface area contributed by atoms with Gasteiger partial charge in [-0.15, -0.1) is 22.7 Å². The van der Waals surface area contributed by atoms with Gasteiger partial charge in [0.25, 0.3) is 0 Å². The van der Waals surface area contributed by atoms with Crippen LogP contribution in [0.4, 0.5) is 8.78 Å². The van der Waals surface area contributed by atoms with Crippen LogP contribution in [0.25, 0.3) is 41.6 Å². The highest BCUT2D eigenvalue weighted by atomic mass is 32.1. The van der Waals surface area contributed by atoms with Crippen molar-refractivity contribution >= 4 is 43.1 Å². The summed E-state index contributed by atoms with van der Waals surface area (Å²) in [6, 6.07) is 17.7. The molecule has 0 aliphatic heterocycles. The van der Waals surface area contributed by atoms with Crippen LogP contribution in [0.5, 0.6) is 0 Å². The average Bonchev–Trinajstić information content (AvgIpc) is 3.25. The SMILES string of the molecule is Fc1cc(F)c(-c2nc3ccccc3s2)cc1-c1nc2ccccc2s1. The Balaban J connectivity index is 1.70. The van der Waals surface area contributed by atoms with Gasteiger partial charge in [-0.05, 0) is 30.3 Å². The van der Waals surface area contributed by atoms with Crippen molar-refractivity contribution < 1.29 is 8.78 Å². The van der Waals surface area contributed by atoms with Crippen molar-refractivity contribution in [3.8, 4) is 21.1 Å². The van der Waals surface area contributed by atoms with E-state index in [9.17, 15) is 8.78 Å². The van der Waals surface area contributed by atoms with Gasteiger partial charge in [-0.2, -0.15) is 0 Å². The smallest absolute Gasteiger partial charge is 0.136 e. The lowest BCUT2D eigenvalue weighted by Gasteiger charge is -2.04. The molecule has 5 aromatic rings. The molecule has 0 unspecified atom stereocenters. The first-order chi connectivity index (χ1) is 12.7. The van der Waals surface area contributed by atoms with Gasteiger partial charge < -0.3 is 0 Å². The standard InChI is InChI=1S/C20H10F2N2S2/c21-13-10-14(22)12(20-24-16-6-2-4-8-18(16)26-20)9-11(13)19-23-15-5-1-3-7-17(15)25-19/h1-10H. The molecule has 2 nitrogen and oxygen atoms in total. The molecule has 3 aromatic carbocycles. The van der Waals surface area contributed by atoms with E-state index in [1.54, 1.807) is 0 Å². The summed E-state index contributed by atoms with van der Waals surface area (Å²) < 4.78 is 30.9. The van der Waals surface area contributed by atoms with Crippen LogP contribution in [0.15, 0.2) is 60.7 Å². The number of fused-ring (bicyclic) bond motifs is 2. The molecule has 0 bridgehead atoms. The number of hydrogen-bond acceptors (Lipinski definition) is 4. The Kier molecular flexibility index (Phi) is 3.55. The third kappa shape index (κ3) is 2.50. The number of rotatable bonds is 2. The topological polar surface area (TPSA) is 25.8 Å². The Morgan fingerprint density at radius 2 is 1.08 bits per heavy atom. The summed E-state index contributed by atoms with van der Waals surface area (Å²) in [5.74, 6) is -1.24. The van der Waals surface area contributed by atoms with E-state index in [-0.39, 0.29) is 0 Å². The van der Waals surface area contributed by atoms with Crippen molar-refractivity contribution in [3.05, 3.63) is 72.3 Å². The fourth-order valence-corrected chi connectivity index (χ4v) is 4.82. The van der Waals surface area contributed by atoms with Crippen LogP contribution in [0.2, 0.25) is 0 Å². The molecule has 0 fully saturated rings. The van der Waals surface area contributed by atoms with Gasteiger partial charge in [-0.1, -0.05) is 24.3 Å². The predicted octanol–water partition coefficient (Wildman–Crippen LogP) is 6.52. The second-order valence-electron chi connectivity index (χ2n) is 5.79. The van der Waals surface area contributed by atoms with Gasteiger partial charge >= 0.3 is 0 Å². The minimum Gasteiger partial charge on any atom is -0.236 e.